The monoisotopic (exact) mass is 527 g/mol. The molecule has 0 saturated carbocycles. The van der Waals surface area contributed by atoms with Crippen LogP contribution in [0.4, 0.5) is 0 Å². The fourth-order valence-corrected chi connectivity index (χ4v) is 5.12. The summed E-state index contributed by atoms with van der Waals surface area (Å²) in [5.74, 6) is 0. The fourth-order valence-electron chi connectivity index (χ4n) is 4.88. The Hall–Kier alpha value is -4.55. The Morgan fingerprint density at radius 3 is 2.15 bits per heavy atom. The molecule has 0 radical (unpaired) electrons. The Morgan fingerprint density at radius 2 is 1.46 bits per heavy atom. The molecule has 2 heterocycles. The van der Waals surface area contributed by atoms with Crippen LogP contribution in [0.5, 0.6) is 0 Å². The number of nitrogens with one attached hydrogen (secondary N) is 1. The van der Waals surface area contributed by atoms with Crippen LogP contribution in [-0.2, 0) is 6.54 Å². The Morgan fingerprint density at radius 1 is 0.821 bits per heavy atom. The van der Waals surface area contributed by atoms with E-state index in [0.717, 1.165) is 40.2 Å². The van der Waals surface area contributed by atoms with E-state index in [2.05, 4.69) is 79.1 Å². The van der Waals surface area contributed by atoms with Gasteiger partial charge in [0.15, 0.2) is 5.11 Å². The number of aryl methyl sites for hydroxylation is 1. The molecular formula is C33H29N5S. The number of aromatic nitrogens is 2. The second-order valence-electron chi connectivity index (χ2n) is 9.70. The van der Waals surface area contributed by atoms with Crippen molar-refractivity contribution in [3.8, 4) is 16.9 Å². The van der Waals surface area contributed by atoms with Crippen molar-refractivity contribution in [2.75, 3.05) is 0 Å². The topological polar surface area (TPSA) is 45.5 Å². The van der Waals surface area contributed by atoms with Crippen LogP contribution >= 0.6 is 12.2 Å². The molecule has 4 aromatic carbocycles. The first kappa shape index (κ1) is 24.8. The summed E-state index contributed by atoms with van der Waals surface area (Å²) in [6.45, 7) is 2.73. The van der Waals surface area contributed by atoms with Crippen LogP contribution in [0, 0.1) is 6.92 Å². The van der Waals surface area contributed by atoms with Gasteiger partial charge in [0.1, 0.15) is 0 Å². The number of hydrogen-bond acceptors (Lipinski definition) is 3. The zero-order valence-corrected chi connectivity index (χ0v) is 22.6. The van der Waals surface area contributed by atoms with E-state index in [-0.39, 0.29) is 6.04 Å². The van der Waals surface area contributed by atoms with Gasteiger partial charge in [-0.15, -0.1) is 0 Å². The van der Waals surface area contributed by atoms with Gasteiger partial charge < -0.3 is 5.32 Å². The van der Waals surface area contributed by atoms with Gasteiger partial charge in [-0.1, -0.05) is 109 Å². The van der Waals surface area contributed by atoms with Crippen LogP contribution in [-0.4, -0.2) is 25.6 Å². The molecule has 1 aliphatic rings. The molecule has 0 amide bonds. The van der Waals surface area contributed by atoms with Gasteiger partial charge in [-0.2, -0.15) is 10.2 Å². The molecule has 1 aromatic heterocycles. The van der Waals surface area contributed by atoms with E-state index in [1.165, 1.54) is 11.1 Å². The first-order chi connectivity index (χ1) is 19.2. The summed E-state index contributed by atoms with van der Waals surface area (Å²) in [5, 5.41) is 16.2. The quantitative estimate of drug-likeness (QED) is 0.240. The number of para-hydroxylation sites is 1. The molecule has 0 saturated heterocycles. The van der Waals surface area contributed by atoms with Gasteiger partial charge in [0, 0.05) is 30.3 Å². The number of rotatable bonds is 6. The summed E-state index contributed by atoms with van der Waals surface area (Å²) in [7, 11) is 0. The average Bonchev–Trinajstić information content (AvgIpc) is 3.63. The van der Waals surface area contributed by atoms with E-state index in [0.29, 0.717) is 11.7 Å². The van der Waals surface area contributed by atoms with Crippen molar-refractivity contribution in [2.24, 2.45) is 5.10 Å². The predicted octanol–water partition coefficient (Wildman–Crippen LogP) is 7.07. The van der Waals surface area contributed by atoms with Crippen molar-refractivity contribution in [2.45, 2.75) is 25.9 Å². The van der Waals surface area contributed by atoms with Crippen LogP contribution in [0.25, 0.3) is 16.9 Å². The van der Waals surface area contributed by atoms with Crippen molar-refractivity contribution in [3.63, 3.8) is 0 Å². The maximum atomic E-state index is 5.95. The number of nitrogens with zero attached hydrogens (tertiary/aromatic N) is 4. The molecule has 0 spiro atoms. The van der Waals surface area contributed by atoms with E-state index in [9.17, 15) is 0 Å². The molecule has 5 aromatic rings. The first-order valence-electron chi connectivity index (χ1n) is 13.1. The Labute approximate surface area is 234 Å². The van der Waals surface area contributed by atoms with Gasteiger partial charge in [0.25, 0.3) is 0 Å². The highest BCUT2D eigenvalue weighted by Gasteiger charge is 2.34. The lowest BCUT2D eigenvalue weighted by Crippen LogP contribution is -2.36. The second-order valence-corrected chi connectivity index (χ2v) is 10.1. The standard InChI is InChI=1S/C33H29N5S/c1-24-17-19-27(20-18-24)32-29(23-37(36-32)28-15-9-4-10-16-28)31-21-30(26-13-7-3-8-14-26)35-38(31)33(39)34-22-25-11-5-2-6-12-25/h2-20,23,31H,21-22H2,1H3,(H,34,39)/t31-/m1/s1. The largest absolute Gasteiger partial charge is 0.357 e. The van der Waals surface area contributed by atoms with Gasteiger partial charge in [0.2, 0.25) is 0 Å². The molecule has 1 atom stereocenters. The molecule has 0 aliphatic carbocycles. The average molecular weight is 528 g/mol. The minimum atomic E-state index is -0.107. The summed E-state index contributed by atoms with van der Waals surface area (Å²) in [4.78, 5) is 0. The van der Waals surface area contributed by atoms with Crippen molar-refractivity contribution < 1.29 is 0 Å². The number of benzene rings is 4. The third kappa shape index (κ3) is 5.38. The number of hydrazone groups is 1. The third-order valence-corrected chi connectivity index (χ3v) is 7.29. The van der Waals surface area contributed by atoms with Crippen molar-refractivity contribution in [1.29, 1.82) is 0 Å². The van der Waals surface area contributed by atoms with Crippen LogP contribution in [0.15, 0.2) is 127 Å². The lowest BCUT2D eigenvalue weighted by atomic mass is 9.96. The summed E-state index contributed by atoms with van der Waals surface area (Å²) in [5.41, 5.74) is 8.59. The summed E-state index contributed by atoms with van der Waals surface area (Å²) in [6.07, 6.45) is 2.85. The van der Waals surface area contributed by atoms with Crippen LogP contribution in [0.1, 0.15) is 34.7 Å². The molecule has 39 heavy (non-hydrogen) atoms. The molecule has 0 fully saturated rings. The lowest BCUT2D eigenvalue weighted by molar-refractivity contribution is 0.364. The highest BCUT2D eigenvalue weighted by Crippen LogP contribution is 2.38. The van der Waals surface area contributed by atoms with Gasteiger partial charge in [0.05, 0.1) is 23.1 Å². The van der Waals surface area contributed by atoms with Crippen molar-refractivity contribution >= 4 is 23.0 Å². The Kier molecular flexibility index (Phi) is 7.02. The molecular weight excluding hydrogens is 498 g/mol. The van der Waals surface area contributed by atoms with E-state index < -0.39 is 0 Å². The summed E-state index contributed by atoms with van der Waals surface area (Å²) >= 11 is 5.95. The molecule has 1 aliphatic heterocycles. The minimum absolute atomic E-state index is 0.107. The molecule has 0 unspecified atom stereocenters. The maximum Gasteiger partial charge on any atom is 0.190 e. The third-order valence-electron chi connectivity index (χ3n) is 6.96. The Bertz CT molecular complexity index is 1590. The fraction of sp³-hybridized carbons (Fsp3) is 0.121. The van der Waals surface area contributed by atoms with Crippen LogP contribution < -0.4 is 5.32 Å². The maximum absolute atomic E-state index is 5.95. The van der Waals surface area contributed by atoms with Crippen LogP contribution in [0.2, 0.25) is 0 Å². The highest BCUT2D eigenvalue weighted by atomic mass is 32.1. The normalized spacial score (nSPS) is 14.7. The Balaban J connectivity index is 1.41. The van der Waals surface area contributed by atoms with Gasteiger partial charge in [-0.05, 0) is 42.4 Å². The zero-order valence-electron chi connectivity index (χ0n) is 21.7. The number of thiocarbonyl (C=S) groups is 1. The predicted molar refractivity (Wildman–Crippen MR) is 162 cm³/mol. The molecule has 0 bridgehead atoms. The molecule has 1 N–H and O–H groups in total. The summed E-state index contributed by atoms with van der Waals surface area (Å²) < 4.78 is 1.96. The zero-order chi connectivity index (χ0) is 26.6. The van der Waals surface area contributed by atoms with Crippen molar-refractivity contribution in [3.05, 3.63) is 144 Å². The van der Waals surface area contributed by atoms with Gasteiger partial charge >= 0.3 is 0 Å². The molecule has 6 rings (SSSR count). The minimum Gasteiger partial charge on any atom is -0.357 e. The van der Waals surface area contributed by atoms with E-state index in [4.69, 9.17) is 22.4 Å². The highest BCUT2D eigenvalue weighted by molar-refractivity contribution is 7.80. The SMILES string of the molecule is Cc1ccc(-c2nn(-c3ccccc3)cc2[C@H]2CC(c3ccccc3)=NN2C(=S)NCc2ccccc2)cc1. The summed E-state index contributed by atoms with van der Waals surface area (Å²) in [6, 6.07) is 39.3. The van der Waals surface area contributed by atoms with Crippen LogP contribution in [0.3, 0.4) is 0 Å². The second kappa shape index (κ2) is 11.1. The lowest BCUT2D eigenvalue weighted by Gasteiger charge is -2.24. The smallest absolute Gasteiger partial charge is 0.190 e. The molecule has 6 heteroatoms. The van der Waals surface area contributed by atoms with Crippen molar-refractivity contribution in [1.82, 2.24) is 20.1 Å². The van der Waals surface area contributed by atoms with E-state index >= 15 is 0 Å². The number of hydrogen-bond donors (Lipinski definition) is 1. The van der Waals surface area contributed by atoms with E-state index in [1.807, 2.05) is 64.3 Å². The first-order valence-corrected chi connectivity index (χ1v) is 13.5. The van der Waals surface area contributed by atoms with Gasteiger partial charge in [-0.3, -0.25) is 0 Å². The molecule has 192 valence electrons. The van der Waals surface area contributed by atoms with E-state index in [1.54, 1.807) is 0 Å². The van der Waals surface area contributed by atoms with Gasteiger partial charge in [-0.25, -0.2) is 9.69 Å². The molecule has 5 nitrogen and oxygen atoms in total.